The highest BCUT2D eigenvalue weighted by molar-refractivity contribution is 5.88. The highest BCUT2D eigenvalue weighted by Crippen LogP contribution is 2.17. The minimum atomic E-state index is -4.43. The Labute approximate surface area is 135 Å². The van der Waals surface area contributed by atoms with E-state index in [2.05, 4.69) is 30.6 Å². The maximum atomic E-state index is 12.0. The van der Waals surface area contributed by atoms with Crippen molar-refractivity contribution < 1.29 is 22.7 Å². The van der Waals surface area contributed by atoms with Crippen molar-refractivity contribution in [1.82, 2.24) is 20.5 Å². The second-order valence-corrected chi connectivity index (χ2v) is 4.83. The van der Waals surface area contributed by atoms with Crippen LogP contribution in [0.15, 0.2) is 24.4 Å². The maximum Gasteiger partial charge on any atom is 0.422 e. The maximum absolute atomic E-state index is 12.0. The fraction of sp³-hybridized carbons (Fsp3) is 0.357. The molecule has 0 saturated heterocycles. The fourth-order valence-electron chi connectivity index (χ4n) is 1.73. The van der Waals surface area contributed by atoms with Crippen LogP contribution >= 0.6 is 0 Å². The SMILES string of the molecule is CCc1cc(CNC(=O)Nc2ccc(OCC(F)(F)F)nc2)[nH]n1. The van der Waals surface area contributed by atoms with Crippen LogP contribution in [0.5, 0.6) is 5.88 Å². The number of amides is 2. The van der Waals surface area contributed by atoms with E-state index in [0.29, 0.717) is 5.69 Å². The van der Waals surface area contributed by atoms with Crippen LogP contribution in [0.3, 0.4) is 0 Å². The number of nitrogens with zero attached hydrogens (tertiary/aromatic N) is 2. The first kappa shape index (κ1) is 17.6. The molecule has 7 nitrogen and oxygen atoms in total. The molecule has 130 valence electrons. The van der Waals surface area contributed by atoms with Gasteiger partial charge in [-0.25, -0.2) is 9.78 Å². The van der Waals surface area contributed by atoms with Crippen LogP contribution < -0.4 is 15.4 Å². The van der Waals surface area contributed by atoms with E-state index >= 15 is 0 Å². The summed E-state index contributed by atoms with van der Waals surface area (Å²) in [5.41, 5.74) is 1.98. The summed E-state index contributed by atoms with van der Waals surface area (Å²) < 4.78 is 40.5. The number of H-pyrrole nitrogens is 1. The Bertz CT molecular complexity index is 670. The summed E-state index contributed by atoms with van der Waals surface area (Å²) in [6, 6.07) is 4.00. The molecule has 0 aliphatic carbocycles. The molecule has 0 spiro atoms. The zero-order valence-corrected chi connectivity index (χ0v) is 12.8. The fourth-order valence-corrected chi connectivity index (χ4v) is 1.73. The lowest BCUT2D eigenvalue weighted by Crippen LogP contribution is -2.28. The van der Waals surface area contributed by atoms with Crippen molar-refractivity contribution in [3.8, 4) is 5.88 Å². The van der Waals surface area contributed by atoms with Crippen molar-refractivity contribution in [2.75, 3.05) is 11.9 Å². The van der Waals surface area contributed by atoms with Crippen molar-refractivity contribution in [3.63, 3.8) is 0 Å². The normalized spacial score (nSPS) is 11.2. The summed E-state index contributed by atoms with van der Waals surface area (Å²) >= 11 is 0. The molecule has 10 heteroatoms. The first-order chi connectivity index (χ1) is 11.4. The summed E-state index contributed by atoms with van der Waals surface area (Å²) in [5, 5.41) is 12.0. The molecule has 0 bridgehead atoms. The number of aryl methyl sites for hydroxylation is 1. The van der Waals surface area contributed by atoms with Crippen LogP contribution in [0.25, 0.3) is 0 Å². The number of carbonyl (C=O) groups excluding carboxylic acids is 1. The van der Waals surface area contributed by atoms with Gasteiger partial charge in [0.05, 0.1) is 29.8 Å². The van der Waals surface area contributed by atoms with Crippen molar-refractivity contribution in [1.29, 1.82) is 0 Å². The van der Waals surface area contributed by atoms with Gasteiger partial charge >= 0.3 is 12.2 Å². The van der Waals surface area contributed by atoms with Gasteiger partial charge in [0.2, 0.25) is 5.88 Å². The summed E-state index contributed by atoms with van der Waals surface area (Å²) in [7, 11) is 0. The topological polar surface area (TPSA) is 91.9 Å². The molecule has 2 heterocycles. The van der Waals surface area contributed by atoms with E-state index in [-0.39, 0.29) is 12.4 Å². The molecule has 0 aromatic carbocycles. The third-order valence-corrected chi connectivity index (χ3v) is 2.86. The van der Waals surface area contributed by atoms with Crippen molar-refractivity contribution in [3.05, 3.63) is 35.8 Å². The van der Waals surface area contributed by atoms with E-state index < -0.39 is 18.8 Å². The van der Waals surface area contributed by atoms with Gasteiger partial charge in [-0.2, -0.15) is 18.3 Å². The summed E-state index contributed by atoms with van der Waals surface area (Å²) in [5.74, 6) is -0.178. The molecule has 0 saturated carbocycles. The number of hydrogen-bond acceptors (Lipinski definition) is 4. The molecular formula is C14H16F3N5O2. The van der Waals surface area contributed by atoms with Gasteiger partial charge in [0.15, 0.2) is 6.61 Å². The van der Waals surface area contributed by atoms with Crippen molar-refractivity contribution in [2.45, 2.75) is 26.1 Å². The third kappa shape index (κ3) is 5.78. The summed E-state index contributed by atoms with van der Waals surface area (Å²) in [6.45, 7) is 0.811. The number of rotatable bonds is 6. The Morgan fingerprint density at radius 1 is 1.38 bits per heavy atom. The number of aromatic nitrogens is 3. The van der Waals surface area contributed by atoms with Crippen molar-refractivity contribution in [2.24, 2.45) is 0 Å². The van der Waals surface area contributed by atoms with Gasteiger partial charge in [-0.05, 0) is 18.6 Å². The molecule has 0 aliphatic heterocycles. The van der Waals surface area contributed by atoms with Crippen LogP contribution in [0.1, 0.15) is 18.3 Å². The Kier molecular flexibility index (Phi) is 5.61. The third-order valence-electron chi connectivity index (χ3n) is 2.86. The average molecular weight is 343 g/mol. The Morgan fingerprint density at radius 2 is 2.17 bits per heavy atom. The van der Waals surface area contributed by atoms with E-state index in [1.807, 2.05) is 13.0 Å². The van der Waals surface area contributed by atoms with E-state index in [0.717, 1.165) is 17.8 Å². The molecule has 0 unspecified atom stereocenters. The molecule has 2 aromatic rings. The minimum Gasteiger partial charge on any atom is -0.468 e. The summed E-state index contributed by atoms with van der Waals surface area (Å²) in [4.78, 5) is 15.4. The quantitative estimate of drug-likeness (QED) is 0.752. The number of urea groups is 1. The lowest BCUT2D eigenvalue weighted by Gasteiger charge is -2.09. The molecule has 2 rings (SSSR count). The second kappa shape index (κ2) is 7.66. The number of nitrogens with one attached hydrogen (secondary N) is 3. The van der Waals surface area contributed by atoms with E-state index in [1.54, 1.807) is 0 Å². The predicted molar refractivity (Wildman–Crippen MR) is 79.6 cm³/mol. The number of anilines is 1. The lowest BCUT2D eigenvalue weighted by atomic mass is 10.3. The standard InChI is InChI=1S/C14H16F3N5O2/c1-2-9-5-11(22-21-9)7-19-13(23)20-10-3-4-12(18-6-10)24-8-14(15,16)17/h3-6H,2,7-8H2,1H3,(H,21,22)(H2,19,20,23). The van der Waals surface area contributed by atoms with Gasteiger partial charge in [0.25, 0.3) is 0 Å². The van der Waals surface area contributed by atoms with Gasteiger partial charge < -0.3 is 15.4 Å². The van der Waals surface area contributed by atoms with E-state index in [9.17, 15) is 18.0 Å². The zero-order chi connectivity index (χ0) is 17.6. The number of hydrogen-bond donors (Lipinski definition) is 3. The predicted octanol–water partition coefficient (Wildman–Crippen LogP) is 2.63. The Hall–Kier alpha value is -2.78. The number of aromatic amines is 1. The number of alkyl halides is 3. The van der Waals surface area contributed by atoms with E-state index in [1.165, 1.54) is 18.3 Å². The molecular weight excluding hydrogens is 327 g/mol. The monoisotopic (exact) mass is 343 g/mol. The Morgan fingerprint density at radius 3 is 2.75 bits per heavy atom. The van der Waals surface area contributed by atoms with Gasteiger partial charge in [-0.1, -0.05) is 6.92 Å². The molecule has 0 radical (unpaired) electrons. The molecule has 2 amide bonds. The highest BCUT2D eigenvalue weighted by Gasteiger charge is 2.28. The average Bonchev–Trinajstić information content (AvgIpc) is 3.00. The smallest absolute Gasteiger partial charge is 0.422 e. The molecule has 0 aliphatic rings. The van der Waals surface area contributed by atoms with Crippen LogP contribution in [0.2, 0.25) is 0 Å². The molecule has 2 aromatic heterocycles. The highest BCUT2D eigenvalue weighted by atomic mass is 19.4. The van der Waals surface area contributed by atoms with Crippen LogP contribution in [0.4, 0.5) is 23.7 Å². The van der Waals surface area contributed by atoms with Gasteiger partial charge in [0, 0.05) is 6.07 Å². The van der Waals surface area contributed by atoms with Crippen LogP contribution in [-0.2, 0) is 13.0 Å². The molecule has 0 fully saturated rings. The number of ether oxygens (including phenoxy) is 1. The van der Waals surface area contributed by atoms with Crippen LogP contribution in [0, 0.1) is 0 Å². The molecule has 24 heavy (non-hydrogen) atoms. The number of carbonyl (C=O) groups is 1. The zero-order valence-electron chi connectivity index (χ0n) is 12.8. The van der Waals surface area contributed by atoms with E-state index in [4.69, 9.17) is 0 Å². The molecule has 0 atom stereocenters. The minimum absolute atomic E-state index is 0.178. The largest absolute Gasteiger partial charge is 0.468 e. The Balaban J connectivity index is 1.79. The van der Waals surface area contributed by atoms with Crippen LogP contribution in [-0.4, -0.2) is 34.0 Å². The second-order valence-electron chi connectivity index (χ2n) is 4.83. The van der Waals surface area contributed by atoms with Gasteiger partial charge in [-0.15, -0.1) is 0 Å². The first-order valence-electron chi connectivity index (χ1n) is 7.09. The number of pyridine rings is 1. The molecule has 3 N–H and O–H groups in total. The number of halogens is 3. The lowest BCUT2D eigenvalue weighted by molar-refractivity contribution is -0.154. The van der Waals surface area contributed by atoms with Crippen molar-refractivity contribution >= 4 is 11.7 Å². The van der Waals surface area contributed by atoms with Gasteiger partial charge in [0.1, 0.15) is 0 Å². The summed E-state index contributed by atoms with van der Waals surface area (Å²) in [6.07, 6.45) is -2.43. The van der Waals surface area contributed by atoms with Gasteiger partial charge in [-0.3, -0.25) is 5.10 Å². The first-order valence-corrected chi connectivity index (χ1v) is 7.09.